The summed E-state index contributed by atoms with van der Waals surface area (Å²) in [4.78, 5) is 18.5. The molecule has 1 saturated carbocycles. The van der Waals surface area contributed by atoms with Crippen molar-refractivity contribution in [1.82, 2.24) is 9.97 Å². The van der Waals surface area contributed by atoms with Crippen molar-refractivity contribution in [1.29, 1.82) is 0 Å². The molecule has 6 heteroatoms. The van der Waals surface area contributed by atoms with Crippen LogP contribution < -0.4 is 11.1 Å². The lowest BCUT2D eigenvalue weighted by Gasteiger charge is -2.22. The van der Waals surface area contributed by atoms with Crippen LogP contribution >= 0.6 is 11.3 Å². The van der Waals surface area contributed by atoms with Gasteiger partial charge in [-0.2, -0.15) is 0 Å². The number of thiazole rings is 1. The number of rotatable bonds is 3. The number of fused-ring (bicyclic) bond motifs is 1. The van der Waals surface area contributed by atoms with Crippen LogP contribution in [0.4, 0.5) is 5.13 Å². The van der Waals surface area contributed by atoms with Crippen LogP contribution in [0.5, 0.6) is 0 Å². The van der Waals surface area contributed by atoms with Crippen molar-refractivity contribution in [2.75, 3.05) is 5.32 Å². The van der Waals surface area contributed by atoms with E-state index in [1.54, 1.807) is 11.3 Å². The molecule has 2 heterocycles. The zero-order chi connectivity index (χ0) is 14.9. The molecular weight excluding hydrogens is 298 g/mol. The monoisotopic (exact) mass is 315 g/mol. The van der Waals surface area contributed by atoms with Crippen molar-refractivity contribution >= 4 is 27.6 Å². The van der Waals surface area contributed by atoms with Crippen LogP contribution in [0.1, 0.15) is 32.1 Å². The smallest absolute Gasteiger partial charge is 0.408 e. The highest BCUT2D eigenvalue weighted by atomic mass is 32.1. The maximum absolute atomic E-state index is 11.2. The lowest BCUT2D eigenvalue weighted by atomic mass is 9.96. The minimum Gasteiger partial charge on any atom is -0.408 e. The standard InChI is InChI=1S/C16H17N3O2S/c20-16-19-12-7-6-10(8-14(12)21-16)13-9-22-15(18-13)17-11-4-2-1-3-5-11/h6-9,11H,1-5H2,(H,17,18)(H,19,20). The summed E-state index contributed by atoms with van der Waals surface area (Å²) < 4.78 is 5.11. The van der Waals surface area contributed by atoms with Gasteiger partial charge in [0.25, 0.3) is 0 Å². The number of nitrogens with zero attached hydrogens (tertiary/aromatic N) is 1. The van der Waals surface area contributed by atoms with Crippen molar-refractivity contribution in [2.45, 2.75) is 38.1 Å². The molecule has 0 radical (unpaired) electrons. The molecule has 0 unspecified atom stereocenters. The Morgan fingerprint density at radius 1 is 1.27 bits per heavy atom. The number of aromatic amines is 1. The van der Waals surface area contributed by atoms with Gasteiger partial charge >= 0.3 is 5.76 Å². The Bertz CT molecular complexity index is 842. The molecule has 5 nitrogen and oxygen atoms in total. The molecule has 0 spiro atoms. The predicted octanol–water partition coefficient (Wildman–Crippen LogP) is 3.99. The molecule has 1 aliphatic carbocycles. The van der Waals surface area contributed by atoms with Crippen LogP contribution in [-0.4, -0.2) is 16.0 Å². The topological polar surface area (TPSA) is 70.9 Å². The zero-order valence-electron chi connectivity index (χ0n) is 12.1. The highest BCUT2D eigenvalue weighted by molar-refractivity contribution is 7.14. The Kier molecular flexibility index (Phi) is 3.46. The first kappa shape index (κ1) is 13.6. The van der Waals surface area contributed by atoms with Crippen LogP contribution in [0.25, 0.3) is 22.4 Å². The normalized spacial score (nSPS) is 16.2. The molecule has 1 fully saturated rings. The number of anilines is 1. The van der Waals surface area contributed by atoms with Crippen LogP contribution in [0, 0.1) is 0 Å². The van der Waals surface area contributed by atoms with E-state index in [1.165, 1.54) is 32.1 Å². The Balaban J connectivity index is 1.57. The summed E-state index contributed by atoms with van der Waals surface area (Å²) >= 11 is 1.63. The van der Waals surface area contributed by atoms with Crippen LogP contribution in [0.3, 0.4) is 0 Å². The van der Waals surface area contributed by atoms with E-state index in [2.05, 4.69) is 15.3 Å². The Labute approximate surface area is 131 Å². The van der Waals surface area contributed by atoms with Crippen molar-refractivity contribution < 1.29 is 4.42 Å². The molecule has 1 aromatic carbocycles. The quantitative estimate of drug-likeness (QED) is 0.766. The third-order valence-electron chi connectivity index (χ3n) is 4.15. The van der Waals surface area contributed by atoms with Crippen LogP contribution in [-0.2, 0) is 0 Å². The van der Waals surface area contributed by atoms with Gasteiger partial charge in [0, 0.05) is 17.0 Å². The maximum atomic E-state index is 11.2. The number of nitrogens with one attached hydrogen (secondary N) is 2. The molecule has 114 valence electrons. The van der Waals surface area contributed by atoms with Gasteiger partial charge in [-0.3, -0.25) is 4.98 Å². The summed E-state index contributed by atoms with van der Waals surface area (Å²) in [5.41, 5.74) is 3.15. The molecule has 3 aromatic rings. The molecule has 4 rings (SSSR count). The van der Waals surface area contributed by atoms with Crippen molar-refractivity contribution in [2.24, 2.45) is 0 Å². The summed E-state index contributed by atoms with van der Waals surface area (Å²) in [6.45, 7) is 0. The number of aromatic nitrogens is 2. The fourth-order valence-electron chi connectivity index (χ4n) is 3.00. The van der Waals surface area contributed by atoms with Crippen molar-refractivity contribution in [3.05, 3.63) is 34.1 Å². The first-order valence-corrected chi connectivity index (χ1v) is 8.51. The number of hydrogen-bond donors (Lipinski definition) is 2. The minimum absolute atomic E-state index is 0.426. The highest BCUT2D eigenvalue weighted by Crippen LogP contribution is 2.29. The van der Waals surface area contributed by atoms with E-state index in [4.69, 9.17) is 4.42 Å². The minimum atomic E-state index is -0.426. The SMILES string of the molecule is O=c1[nH]c2ccc(-c3csc(NC4CCCCC4)n3)cc2o1. The van der Waals surface area contributed by atoms with E-state index >= 15 is 0 Å². The van der Waals surface area contributed by atoms with Gasteiger partial charge in [-0.1, -0.05) is 25.3 Å². The van der Waals surface area contributed by atoms with E-state index in [1.807, 2.05) is 23.6 Å². The van der Waals surface area contributed by atoms with E-state index in [0.29, 0.717) is 17.1 Å². The molecule has 2 N–H and O–H groups in total. The van der Waals surface area contributed by atoms with Crippen LogP contribution in [0.2, 0.25) is 0 Å². The fraction of sp³-hybridized carbons (Fsp3) is 0.375. The van der Waals surface area contributed by atoms with E-state index < -0.39 is 5.76 Å². The number of hydrogen-bond acceptors (Lipinski definition) is 5. The lowest BCUT2D eigenvalue weighted by Crippen LogP contribution is -2.21. The Morgan fingerprint density at radius 3 is 3.00 bits per heavy atom. The highest BCUT2D eigenvalue weighted by Gasteiger charge is 2.15. The molecule has 22 heavy (non-hydrogen) atoms. The van der Waals surface area contributed by atoms with Gasteiger partial charge in [-0.25, -0.2) is 9.78 Å². The van der Waals surface area contributed by atoms with Crippen molar-refractivity contribution in [3.8, 4) is 11.3 Å². The van der Waals surface area contributed by atoms with Gasteiger partial charge < -0.3 is 9.73 Å². The van der Waals surface area contributed by atoms with Crippen molar-refractivity contribution in [3.63, 3.8) is 0 Å². The molecular formula is C16H17N3O2S. The predicted molar refractivity (Wildman–Crippen MR) is 88.4 cm³/mol. The molecule has 0 bridgehead atoms. The van der Waals surface area contributed by atoms with Gasteiger partial charge in [-0.05, 0) is 25.0 Å². The molecule has 0 atom stereocenters. The summed E-state index contributed by atoms with van der Waals surface area (Å²) in [5.74, 6) is -0.426. The zero-order valence-corrected chi connectivity index (χ0v) is 12.9. The second-order valence-electron chi connectivity index (χ2n) is 5.74. The summed E-state index contributed by atoms with van der Waals surface area (Å²) in [7, 11) is 0. The van der Waals surface area contributed by atoms with Gasteiger partial charge in [0.1, 0.15) is 0 Å². The first-order valence-electron chi connectivity index (χ1n) is 7.63. The molecule has 2 aromatic heterocycles. The second kappa shape index (κ2) is 5.61. The maximum Gasteiger partial charge on any atom is 0.417 e. The number of oxazole rings is 1. The average Bonchev–Trinajstić information content (AvgIpc) is 3.13. The largest absolute Gasteiger partial charge is 0.417 e. The van der Waals surface area contributed by atoms with E-state index in [9.17, 15) is 4.79 Å². The molecule has 0 aliphatic heterocycles. The van der Waals surface area contributed by atoms with Gasteiger partial charge in [0.05, 0.1) is 11.2 Å². The van der Waals surface area contributed by atoms with Crippen LogP contribution in [0.15, 0.2) is 32.8 Å². The van der Waals surface area contributed by atoms with Gasteiger partial charge in [-0.15, -0.1) is 11.3 Å². The fourth-order valence-corrected chi connectivity index (χ4v) is 3.80. The summed E-state index contributed by atoms with van der Waals surface area (Å²) in [6.07, 6.45) is 6.42. The Hall–Kier alpha value is -2.08. The van der Waals surface area contributed by atoms with Gasteiger partial charge in [0.15, 0.2) is 10.7 Å². The first-order chi connectivity index (χ1) is 10.8. The lowest BCUT2D eigenvalue weighted by molar-refractivity contribution is 0.462. The number of benzene rings is 1. The third-order valence-corrected chi connectivity index (χ3v) is 4.93. The second-order valence-corrected chi connectivity index (χ2v) is 6.60. The summed E-state index contributed by atoms with van der Waals surface area (Å²) in [6, 6.07) is 6.21. The number of H-pyrrole nitrogens is 1. The van der Waals surface area contributed by atoms with E-state index in [0.717, 1.165) is 16.4 Å². The molecule has 0 amide bonds. The van der Waals surface area contributed by atoms with Gasteiger partial charge in [0.2, 0.25) is 0 Å². The summed E-state index contributed by atoms with van der Waals surface area (Å²) in [5, 5.41) is 6.55. The molecule has 1 aliphatic rings. The average molecular weight is 315 g/mol. The Morgan fingerprint density at radius 2 is 2.14 bits per heavy atom. The molecule has 0 saturated heterocycles. The van der Waals surface area contributed by atoms with E-state index in [-0.39, 0.29) is 0 Å². The third kappa shape index (κ3) is 2.66.